The zero-order valence-corrected chi connectivity index (χ0v) is 13.4. The molecule has 0 fully saturated rings. The van der Waals surface area contributed by atoms with E-state index in [4.69, 9.17) is 0 Å². The van der Waals surface area contributed by atoms with E-state index in [0.29, 0.717) is 6.29 Å². The van der Waals surface area contributed by atoms with Crippen LogP contribution in [-0.2, 0) is 14.8 Å². The van der Waals surface area contributed by atoms with Gasteiger partial charge < -0.3 is 4.74 Å². The highest BCUT2D eigenvalue weighted by molar-refractivity contribution is 7.92. The molecule has 0 radical (unpaired) electrons. The van der Waals surface area contributed by atoms with E-state index in [1.54, 1.807) is 12.1 Å². The van der Waals surface area contributed by atoms with E-state index < -0.39 is 16.0 Å². The van der Waals surface area contributed by atoms with Gasteiger partial charge in [0.15, 0.2) is 6.29 Å². The Bertz CT molecular complexity index is 841. The predicted octanol–water partition coefficient (Wildman–Crippen LogP) is 2.39. The van der Waals surface area contributed by atoms with Gasteiger partial charge in [0, 0.05) is 0 Å². The van der Waals surface area contributed by atoms with Crippen molar-refractivity contribution >= 4 is 28.0 Å². The van der Waals surface area contributed by atoms with Gasteiger partial charge in [-0.1, -0.05) is 23.8 Å². The molecule has 2 aromatic rings. The Morgan fingerprint density at radius 3 is 2.35 bits per heavy atom. The normalized spacial score (nSPS) is 10.9. The summed E-state index contributed by atoms with van der Waals surface area (Å²) in [5, 5.41) is 0. The molecular formula is C16H15NO5S. The standard InChI is InChI=1S/C16H15NO5S/c1-11-6-8-12(9-7-11)23(20,21)17-15-5-3-4-13(14(15)10-18)16(19)22-2/h3-10,17H,1-2H3. The van der Waals surface area contributed by atoms with Crippen LogP contribution >= 0.6 is 0 Å². The number of methoxy groups -OCH3 is 1. The molecule has 2 aromatic carbocycles. The largest absolute Gasteiger partial charge is 0.465 e. The number of anilines is 1. The van der Waals surface area contributed by atoms with Crippen molar-refractivity contribution < 1.29 is 22.7 Å². The lowest BCUT2D eigenvalue weighted by atomic mass is 10.1. The van der Waals surface area contributed by atoms with Crippen LogP contribution in [0.2, 0.25) is 0 Å². The number of carbonyl (C=O) groups excluding carboxylic acids is 2. The van der Waals surface area contributed by atoms with Gasteiger partial charge in [-0.15, -0.1) is 0 Å². The fourth-order valence-electron chi connectivity index (χ4n) is 1.99. The maximum Gasteiger partial charge on any atom is 0.338 e. The lowest BCUT2D eigenvalue weighted by Gasteiger charge is -2.12. The summed E-state index contributed by atoms with van der Waals surface area (Å²) in [6, 6.07) is 10.5. The maximum absolute atomic E-state index is 12.4. The Morgan fingerprint density at radius 2 is 1.78 bits per heavy atom. The van der Waals surface area contributed by atoms with Gasteiger partial charge in [0.1, 0.15) is 0 Å². The average Bonchev–Trinajstić information content (AvgIpc) is 2.54. The first-order chi connectivity index (χ1) is 10.9. The molecule has 23 heavy (non-hydrogen) atoms. The molecule has 0 unspecified atom stereocenters. The first-order valence-electron chi connectivity index (χ1n) is 6.65. The van der Waals surface area contributed by atoms with E-state index in [9.17, 15) is 18.0 Å². The number of rotatable bonds is 5. The first kappa shape index (κ1) is 16.7. The summed E-state index contributed by atoms with van der Waals surface area (Å²) >= 11 is 0. The van der Waals surface area contributed by atoms with Crippen molar-refractivity contribution in [2.24, 2.45) is 0 Å². The number of aldehydes is 1. The molecule has 0 aromatic heterocycles. The van der Waals surface area contributed by atoms with Gasteiger partial charge in [0.25, 0.3) is 10.0 Å². The van der Waals surface area contributed by atoms with Crippen LogP contribution in [0.1, 0.15) is 26.3 Å². The smallest absolute Gasteiger partial charge is 0.338 e. The molecule has 2 rings (SSSR count). The highest BCUT2D eigenvalue weighted by Gasteiger charge is 2.20. The van der Waals surface area contributed by atoms with Gasteiger partial charge in [0.05, 0.1) is 28.8 Å². The Balaban J connectivity index is 2.45. The Hall–Kier alpha value is -2.67. The molecule has 0 saturated carbocycles. The lowest BCUT2D eigenvalue weighted by Crippen LogP contribution is -2.16. The molecular weight excluding hydrogens is 318 g/mol. The van der Waals surface area contributed by atoms with Crippen molar-refractivity contribution in [3.8, 4) is 0 Å². The lowest BCUT2D eigenvalue weighted by molar-refractivity contribution is 0.0598. The van der Waals surface area contributed by atoms with Crippen LogP contribution in [0.15, 0.2) is 47.4 Å². The van der Waals surface area contributed by atoms with Crippen molar-refractivity contribution in [1.82, 2.24) is 0 Å². The molecule has 0 aliphatic heterocycles. The number of ether oxygens (including phenoxy) is 1. The van der Waals surface area contributed by atoms with E-state index in [-0.39, 0.29) is 21.7 Å². The third-order valence-corrected chi connectivity index (χ3v) is 4.59. The second-order valence-corrected chi connectivity index (χ2v) is 6.48. The van der Waals surface area contributed by atoms with Crippen LogP contribution in [0.25, 0.3) is 0 Å². The van der Waals surface area contributed by atoms with Gasteiger partial charge in [0.2, 0.25) is 0 Å². The minimum Gasteiger partial charge on any atom is -0.465 e. The summed E-state index contributed by atoms with van der Waals surface area (Å²) in [5.41, 5.74) is 0.857. The zero-order chi connectivity index (χ0) is 17.0. The Kier molecular flexibility index (Phi) is 4.80. The van der Waals surface area contributed by atoms with Crippen molar-refractivity contribution in [1.29, 1.82) is 0 Å². The van der Waals surface area contributed by atoms with Gasteiger partial charge >= 0.3 is 5.97 Å². The van der Waals surface area contributed by atoms with Gasteiger partial charge in [-0.2, -0.15) is 0 Å². The van der Waals surface area contributed by atoms with Crippen molar-refractivity contribution in [3.63, 3.8) is 0 Å². The number of aryl methyl sites for hydroxylation is 1. The second kappa shape index (κ2) is 6.62. The van der Waals surface area contributed by atoms with E-state index >= 15 is 0 Å². The molecule has 0 aliphatic carbocycles. The van der Waals surface area contributed by atoms with Crippen LogP contribution in [0.3, 0.4) is 0 Å². The minimum atomic E-state index is -3.87. The molecule has 1 N–H and O–H groups in total. The number of sulfonamides is 1. The number of benzene rings is 2. The number of carbonyl (C=O) groups is 2. The molecule has 0 bridgehead atoms. The van der Waals surface area contributed by atoms with Crippen molar-refractivity contribution in [2.45, 2.75) is 11.8 Å². The molecule has 0 atom stereocenters. The fraction of sp³-hybridized carbons (Fsp3) is 0.125. The third-order valence-electron chi connectivity index (χ3n) is 3.20. The van der Waals surface area contributed by atoms with E-state index in [1.165, 1.54) is 37.4 Å². The number of nitrogens with one attached hydrogen (secondary N) is 1. The van der Waals surface area contributed by atoms with Gasteiger partial charge in [-0.05, 0) is 31.2 Å². The van der Waals surface area contributed by atoms with Crippen molar-refractivity contribution in [2.75, 3.05) is 11.8 Å². The average molecular weight is 333 g/mol. The van der Waals surface area contributed by atoms with Crippen molar-refractivity contribution in [3.05, 3.63) is 59.2 Å². The van der Waals surface area contributed by atoms with E-state index in [2.05, 4.69) is 9.46 Å². The highest BCUT2D eigenvalue weighted by Crippen LogP contribution is 2.22. The molecule has 0 saturated heterocycles. The summed E-state index contributed by atoms with van der Waals surface area (Å²) in [7, 11) is -2.69. The Morgan fingerprint density at radius 1 is 1.13 bits per heavy atom. The minimum absolute atomic E-state index is 0.00777. The number of esters is 1. The van der Waals surface area contributed by atoms with Crippen LogP contribution in [0, 0.1) is 6.92 Å². The van der Waals surface area contributed by atoms with E-state index in [1.807, 2.05) is 6.92 Å². The summed E-state index contributed by atoms with van der Waals surface area (Å²) in [6.07, 6.45) is 0.416. The van der Waals surface area contributed by atoms with Gasteiger partial charge in [-0.3, -0.25) is 9.52 Å². The highest BCUT2D eigenvalue weighted by atomic mass is 32.2. The second-order valence-electron chi connectivity index (χ2n) is 4.79. The summed E-state index contributed by atoms with van der Waals surface area (Å²) in [6.45, 7) is 1.84. The maximum atomic E-state index is 12.4. The fourth-order valence-corrected chi connectivity index (χ4v) is 3.07. The number of hydrogen-bond donors (Lipinski definition) is 1. The zero-order valence-electron chi connectivity index (χ0n) is 12.6. The molecule has 0 aliphatic rings. The molecule has 0 spiro atoms. The van der Waals surface area contributed by atoms with Crippen LogP contribution in [0.5, 0.6) is 0 Å². The summed E-state index contributed by atoms with van der Waals surface area (Å²) in [5.74, 6) is -0.719. The third kappa shape index (κ3) is 3.57. The quantitative estimate of drug-likeness (QED) is 0.670. The van der Waals surface area contributed by atoms with Crippen LogP contribution in [-0.4, -0.2) is 27.8 Å². The molecule has 7 heteroatoms. The van der Waals surface area contributed by atoms with E-state index in [0.717, 1.165) is 5.56 Å². The molecule has 0 amide bonds. The first-order valence-corrected chi connectivity index (χ1v) is 8.13. The van der Waals surface area contributed by atoms with Crippen LogP contribution in [0.4, 0.5) is 5.69 Å². The predicted molar refractivity (Wildman–Crippen MR) is 85.2 cm³/mol. The summed E-state index contributed by atoms with van der Waals surface area (Å²) < 4.78 is 31.7. The Labute approximate surface area is 134 Å². The monoisotopic (exact) mass is 333 g/mol. The molecule has 120 valence electrons. The van der Waals surface area contributed by atoms with Gasteiger partial charge in [-0.25, -0.2) is 13.2 Å². The molecule has 0 heterocycles. The summed E-state index contributed by atoms with van der Waals surface area (Å²) in [4.78, 5) is 23.0. The topological polar surface area (TPSA) is 89.5 Å². The molecule has 6 nitrogen and oxygen atoms in total. The number of hydrogen-bond acceptors (Lipinski definition) is 5. The SMILES string of the molecule is COC(=O)c1cccc(NS(=O)(=O)c2ccc(C)cc2)c1C=O. The van der Waals surface area contributed by atoms with Crippen LogP contribution < -0.4 is 4.72 Å².